The summed E-state index contributed by atoms with van der Waals surface area (Å²) in [4.78, 5) is 18.1. The summed E-state index contributed by atoms with van der Waals surface area (Å²) in [6, 6.07) is 3.68. The summed E-state index contributed by atoms with van der Waals surface area (Å²) in [6.07, 6.45) is 4.72. The second-order valence-electron chi connectivity index (χ2n) is 5.58. The summed E-state index contributed by atoms with van der Waals surface area (Å²) >= 11 is 0. The molecular formula is C15H20N2O3. The Morgan fingerprint density at radius 2 is 2.20 bits per heavy atom. The van der Waals surface area contributed by atoms with Crippen LogP contribution in [-0.2, 0) is 4.74 Å². The van der Waals surface area contributed by atoms with E-state index < -0.39 is 5.97 Å². The molecule has 1 aliphatic carbocycles. The SMILES string of the molecule is Cc1ccc(C(=O)O)c(N2CCOC3CCCCC32)n1. The monoisotopic (exact) mass is 276 g/mol. The van der Waals surface area contributed by atoms with E-state index in [-0.39, 0.29) is 12.1 Å². The molecule has 1 aliphatic heterocycles. The zero-order valence-corrected chi connectivity index (χ0v) is 11.7. The number of hydrogen-bond acceptors (Lipinski definition) is 4. The van der Waals surface area contributed by atoms with Crippen molar-refractivity contribution >= 4 is 11.8 Å². The molecule has 0 spiro atoms. The van der Waals surface area contributed by atoms with Crippen LogP contribution in [0.4, 0.5) is 5.82 Å². The number of pyridine rings is 1. The summed E-state index contributed by atoms with van der Waals surface area (Å²) in [5.41, 5.74) is 1.14. The number of aryl methyl sites for hydroxylation is 1. The normalized spacial score (nSPS) is 26.1. The number of fused-ring (bicyclic) bond motifs is 1. The van der Waals surface area contributed by atoms with Gasteiger partial charge in [-0.15, -0.1) is 0 Å². The molecule has 108 valence electrons. The maximum absolute atomic E-state index is 11.4. The van der Waals surface area contributed by atoms with Crippen LogP contribution < -0.4 is 4.90 Å². The molecule has 0 aromatic carbocycles. The Balaban J connectivity index is 1.98. The lowest BCUT2D eigenvalue weighted by Crippen LogP contribution is -2.53. The van der Waals surface area contributed by atoms with Crippen LogP contribution in [0, 0.1) is 6.92 Å². The van der Waals surface area contributed by atoms with Crippen LogP contribution in [0.2, 0.25) is 0 Å². The number of anilines is 1. The number of rotatable bonds is 2. The van der Waals surface area contributed by atoms with E-state index in [0.29, 0.717) is 18.0 Å². The molecule has 1 saturated heterocycles. The van der Waals surface area contributed by atoms with Gasteiger partial charge >= 0.3 is 5.97 Å². The summed E-state index contributed by atoms with van der Waals surface area (Å²) < 4.78 is 5.85. The van der Waals surface area contributed by atoms with Crippen molar-refractivity contribution in [1.29, 1.82) is 0 Å². The summed E-state index contributed by atoms with van der Waals surface area (Å²) in [5, 5.41) is 9.39. The molecule has 3 rings (SSSR count). The number of hydrogen-bond donors (Lipinski definition) is 1. The molecule has 2 atom stereocenters. The number of aromatic nitrogens is 1. The lowest BCUT2D eigenvalue weighted by atomic mass is 9.90. The Hall–Kier alpha value is -1.62. The minimum absolute atomic E-state index is 0.224. The van der Waals surface area contributed by atoms with Crippen LogP contribution in [0.5, 0.6) is 0 Å². The Bertz CT molecular complexity index is 516. The van der Waals surface area contributed by atoms with Crippen LogP contribution in [0.1, 0.15) is 41.7 Å². The lowest BCUT2D eigenvalue weighted by molar-refractivity contribution is -0.00910. The third kappa shape index (κ3) is 2.38. The Morgan fingerprint density at radius 3 is 3.00 bits per heavy atom. The van der Waals surface area contributed by atoms with Gasteiger partial charge in [-0.2, -0.15) is 0 Å². The highest BCUT2D eigenvalue weighted by Crippen LogP contribution is 2.32. The van der Waals surface area contributed by atoms with Crippen molar-refractivity contribution in [3.8, 4) is 0 Å². The van der Waals surface area contributed by atoms with E-state index in [0.717, 1.165) is 25.1 Å². The highest BCUT2D eigenvalue weighted by Gasteiger charge is 2.36. The van der Waals surface area contributed by atoms with Crippen LogP contribution >= 0.6 is 0 Å². The third-order valence-electron chi connectivity index (χ3n) is 4.25. The van der Waals surface area contributed by atoms with Crippen molar-refractivity contribution in [1.82, 2.24) is 4.98 Å². The molecule has 0 bridgehead atoms. The van der Waals surface area contributed by atoms with Gasteiger partial charge in [0.15, 0.2) is 0 Å². The molecule has 2 fully saturated rings. The van der Waals surface area contributed by atoms with Crippen LogP contribution in [-0.4, -0.2) is 41.4 Å². The van der Waals surface area contributed by atoms with Crippen molar-refractivity contribution < 1.29 is 14.6 Å². The number of aromatic carboxylic acids is 1. The fourth-order valence-electron chi connectivity index (χ4n) is 3.29. The molecule has 1 aromatic rings. The summed E-state index contributed by atoms with van der Waals surface area (Å²) in [5.74, 6) is -0.302. The van der Waals surface area contributed by atoms with Crippen molar-refractivity contribution in [2.24, 2.45) is 0 Å². The molecule has 2 aliphatic rings. The second-order valence-corrected chi connectivity index (χ2v) is 5.58. The highest BCUT2D eigenvalue weighted by atomic mass is 16.5. The first-order valence-electron chi connectivity index (χ1n) is 7.26. The van der Waals surface area contributed by atoms with Gasteiger partial charge in [-0.3, -0.25) is 0 Å². The molecule has 0 amide bonds. The van der Waals surface area contributed by atoms with E-state index in [2.05, 4.69) is 9.88 Å². The maximum atomic E-state index is 11.4. The summed E-state index contributed by atoms with van der Waals surface area (Å²) in [7, 11) is 0. The average molecular weight is 276 g/mol. The molecule has 2 heterocycles. The van der Waals surface area contributed by atoms with Gasteiger partial charge in [0.2, 0.25) is 0 Å². The molecule has 1 saturated carbocycles. The van der Waals surface area contributed by atoms with Crippen molar-refractivity contribution in [3.05, 3.63) is 23.4 Å². The lowest BCUT2D eigenvalue weighted by Gasteiger charge is -2.44. The number of ether oxygens (including phenoxy) is 1. The Kier molecular flexibility index (Phi) is 3.61. The number of carbonyl (C=O) groups is 1. The topological polar surface area (TPSA) is 62.7 Å². The molecular weight excluding hydrogens is 256 g/mol. The predicted molar refractivity (Wildman–Crippen MR) is 75.3 cm³/mol. The fraction of sp³-hybridized carbons (Fsp3) is 0.600. The van der Waals surface area contributed by atoms with E-state index in [1.165, 1.54) is 12.8 Å². The van der Waals surface area contributed by atoms with Crippen LogP contribution in [0.25, 0.3) is 0 Å². The van der Waals surface area contributed by atoms with E-state index in [4.69, 9.17) is 4.74 Å². The average Bonchev–Trinajstić information content (AvgIpc) is 2.46. The largest absolute Gasteiger partial charge is 0.478 e. The maximum Gasteiger partial charge on any atom is 0.339 e. The van der Waals surface area contributed by atoms with Gasteiger partial charge in [0.05, 0.1) is 18.8 Å². The molecule has 1 aromatic heterocycles. The standard InChI is InChI=1S/C15H20N2O3/c1-10-6-7-11(15(18)19)14(16-10)17-8-9-20-13-5-3-2-4-12(13)17/h6-7,12-13H,2-5,8-9H2,1H3,(H,18,19). The third-order valence-corrected chi connectivity index (χ3v) is 4.25. The Labute approximate surface area is 118 Å². The molecule has 0 radical (unpaired) electrons. The zero-order chi connectivity index (χ0) is 14.1. The predicted octanol–water partition coefficient (Wildman–Crippen LogP) is 2.24. The van der Waals surface area contributed by atoms with Crippen LogP contribution in [0.3, 0.4) is 0 Å². The molecule has 2 unspecified atom stereocenters. The first kappa shape index (κ1) is 13.4. The van der Waals surface area contributed by atoms with Gasteiger partial charge in [-0.05, 0) is 31.9 Å². The van der Waals surface area contributed by atoms with Crippen molar-refractivity contribution in [2.45, 2.75) is 44.8 Å². The van der Waals surface area contributed by atoms with Gasteiger partial charge in [-0.25, -0.2) is 9.78 Å². The number of carboxylic acids is 1. The number of morpholine rings is 1. The van der Waals surface area contributed by atoms with Crippen molar-refractivity contribution in [2.75, 3.05) is 18.1 Å². The first-order valence-corrected chi connectivity index (χ1v) is 7.26. The minimum atomic E-state index is -0.911. The zero-order valence-electron chi connectivity index (χ0n) is 11.7. The number of carboxylic acid groups (broad SMARTS) is 1. The van der Waals surface area contributed by atoms with Crippen LogP contribution in [0.15, 0.2) is 12.1 Å². The highest BCUT2D eigenvalue weighted by molar-refractivity contribution is 5.93. The van der Waals surface area contributed by atoms with E-state index in [9.17, 15) is 9.90 Å². The van der Waals surface area contributed by atoms with Gasteiger partial charge in [0.25, 0.3) is 0 Å². The van der Waals surface area contributed by atoms with Gasteiger partial charge in [0, 0.05) is 12.2 Å². The smallest absolute Gasteiger partial charge is 0.339 e. The summed E-state index contributed by atoms with van der Waals surface area (Å²) in [6.45, 7) is 3.27. The fourth-order valence-corrected chi connectivity index (χ4v) is 3.29. The van der Waals surface area contributed by atoms with Gasteiger partial charge in [0.1, 0.15) is 11.4 Å². The first-order chi connectivity index (χ1) is 9.66. The molecule has 5 nitrogen and oxygen atoms in total. The van der Waals surface area contributed by atoms with Gasteiger partial charge in [-0.1, -0.05) is 12.8 Å². The van der Waals surface area contributed by atoms with Gasteiger partial charge < -0.3 is 14.7 Å². The molecule has 1 N–H and O–H groups in total. The van der Waals surface area contributed by atoms with Crippen molar-refractivity contribution in [3.63, 3.8) is 0 Å². The van der Waals surface area contributed by atoms with E-state index in [1.807, 2.05) is 6.92 Å². The second kappa shape index (κ2) is 5.40. The minimum Gasteiger partial charge on any atom is -0.478 e. The molecule has 20 heavy (non-hydrogen) atoms. The van der Waals surface area contributed by atoms with E-state index in [1.54, 1.807) is 12.1 Å². The number of nitrogens with zero attached hydrogens (tertiary/aromatic N) is 2. The van der Waals surface area contributed by atoms with E-state index >= 15 is 0 Å². The Morgan fingerprint density at radius 1 is 1.40 bits per heavy atom. The molecule has 5 heteroatoms. The quantitative estimate of drug-likeness (QED) is 0.897.